The van der Waals surface area contributed by atoms with Gasteiger partial charge in [0.15, 0.2) is 5.13 Å². The molecule has 1 aromatic heterocycles. The van der Waals surface area contributed by atoms with Gasteiger partial charge in [0.1, 0.15) is 6.04 Å². The number of carboxylic acids is 1. The molecule has 190 valence electrons. The number of carboxylic acid groups (broad SMARTS) is 1. The number of hydrogen-bond donors (Lipinski definition) is 2. The number of nitrogens with one attached hydrogen (secondary N) is 1. The zero-order chi connectivity index (χ0) is 26.2. The average Bonchev–Trinajstić information content (AvgIpc) is 3.45. The molecule has 0 fully saturated rings. The minimum absolute atomic E-state index is 0.439. The summed E-state index contributed by atoms with van der Waals surface area (Å²) in [5.74, 6) is -0.258. The molecule has 0 radical (unpaired) electrons. The molecule has 0 aliphatic heterocycles. The van der Waals surface area contributed by atoms with Crippen molar-refractivity contribution in [3.8, 4) is 11.3 Å². The van der Waals surface area contributed by atoms with Crippen LogP contribution in [0.2, 0.25) is 0 Å². The summed E-state index contributed by atoms with van der Waals surface area (Å²) >= 11 is 3.19. The fraction of sp³-hybridized carbons (Fsp3) is 0.125. The smallest absolute Gasteiger partial charge is 0.326 e. The van der Waals surface area contributed by atoms with E-state index < -0.39 is 16.8 Å². The quantitative estimate of drug-likeness (QED) is 0.169. The minimum Gasteiger partial charge on any atom is -0.480 e. The van der Waals surface area contributed by atoms with E-state index in [9.17, 15) is 9.90 Å². The van der Waals surface area contributed by atoms with Crippen LogP contribution >= 0.6 is 23.1 Å². The summed E-state index contributed by atoms with van der Waals surface area (Å²) in [4.78, 5) is 16.9. The van der Waals surface area contributed by atoms with Gasteiger partial charge in [0.25, 0.3) is 0 Å². The van der Waals surface area contributed by atoms with Gasteiger partial charge in [-0.25, -0.2) is 9.78 Å². The van der Waals surface area contributed by atoms with Crippen molar-refractivity contribution in [3.63, 3.8) is 0 Å². The lowest BCUT2D eigenvalue weighted by molar-refractivity contribution is -0.137. The summed E-state index contributed by atoms with van der Waals surface area (Å²) in [6.07, 6.45) is 0.439. The van der Waals surface area contributed by atoms with E-state index in [-0.39, 0.29) is 0 Å². The van der Waals surface area contributed by atoms with Crippen molar-refractivity contribution in [1.29, 1.82) is 0 Å². The third kappa shape index (κ3) is 5.67. The van der Waals surface area contributed by atoms with Crippen LogP contribution in [-0.4, -0.2) is 27.9 Å². The number of aliphatic carboxylic acids is 1. The Hall–Kier alpha value is -3.87. The Morgan fingerprint density at radius 1 is 0.789 bits per heavy atom. The predicted molar refractivity (Wildman–Crippen MR) is 159 cm³/mol. The molecule has 5 aromatic rings. The van der Waals surface area contributed by atoms with Crippen molar-refractivity contribution in [2.75, 3.05) is 11.1 Å². The number of hydrogen-bond acceptors (Lipinski definition) is 5. The van der Waals surface area contributed by atoms with Gasteiger partial charge in [0.05, 0.1) is 10.4 Å². The van der Waals surface area contributed by atoms with Crippen LogP contribution in [0.25, 0.3) is 11.3 Å². The molecule has 1 unspecified atom stereocenters. The van der Waals surface area contributed by atoms with Crippen molar-refractivity contribution in [3.05, 3.63) is 143 Å². The number of benzene rings is 4. The van der Waals surface area contributed by atoms with Crippen LogP contribution in [0.3, 0.4) is 0 Å². The fourth-order valence-electron chi connectivity index (χ4n) is 4.59. The average molecular weight is 537 g/mol. The molecule has 0 saturated carbocycles. The summed E-state index contributed by atoms with van der Waals surface area (Å²) in [6.45, 7) is 0. The van der Waals surface area contributed by atoms with Crippen LogP contribution in [0.4, 0.5) is 5.13 Å². The van der Waals surface area contributed by atoms with Crippen LogP contribution in [0.15, 0.2) is 127 Å². The summed E-state index contributed by atoms with van der Waals surface area (Å²) in [5.41, 5.74) is 5.34. The predicted octanol–water partition coefficient (Wildman–Crippen LogP) is 7.79. The number of anilines is 1. The summed E-state index contributed by atoms with van der Waals surface area (Å²) in [6, 6.07) is 40.5. The van der Waals surface area contributed by atoms with E-state index in [1.54, 1.807) is 11.8 Å². The largest absolute Gasteiger partial charge is 0.480 e. The van der Waals surface area contributed by atoms with Crippen LogP contribution < -0.4 is 5.32 Å². The second-order valence-electron chi connectivity index (χ2n) is 8.86. The van der Waals surface area contributed by atoms with Gasteiger partial charge in [-0.05, 0) is 28.9 Å². The van der Waals surface area contributed by atoms with E-state index in [0.29, 0.717) is 17.3 Å². The number of nitrogens with zero attached hydrogens (tertiary/aromatic N) is 1. The molecule has 5 rings (SSSR count). The first kappa shape index (κ1) is 25.8. The van der Waals surface area contributed by atoms with Crippen molar-refractivity contribution in [1.82, 2.24) is 4.98 Å². The van der Waals surface area contributed by atoms with E-state index in [1.165, 1.54) is 11.3 Å². The molecule has 0 amide bonds. The van der Waals surface area contributed by atoms with E-state index in [1.807, 2.05) is 53.9 Å². The van der Waals surface area contributed by atoms with Gasteiger partial charge >= 0.3 is 5.97 Å². The van der Waals surface area contributed by atoms with Gasteiger partial charge in [0.2, 0.25) is 0 Å². The summed E-state index contributed by atoms with van der Waals surface area (Å²) in [7, 11) is 0. The van der Waals surface area contributed by atoms with Gasteiger partial charge < -0.3 is 10.4 Å². The van der Waals surface area contributed by atoms with Gasteiger partial charge in [-0.3, -0.25) is 0 Å². The Morgan fingerprint density at radius 2 is 1.26 bits per heavy atom. The highest BCUT2D eigenvalue weighted by Gasteiger charge is 2.37. The number of thioether (sulfide) groups is 1. The molecule has 0 aliphatic carbocycles. The monoisotopic (exact) mass is 536 g/mol. The summed E-state index contributed by atoms with van der Waals surface area (Å²) < 4.78 is -0.478. The zero-order valence-corrected chi connectivity index (χ0v) is 22.4. The van der Waals surface area contributed by atoms with Gasteiger partial charge in [-0.1, -0.05) is 121 Å². The van der Waals surface area contributed by atoms with Crippen molar-refractivity contribution >= 4 is 34.2 Å². The molecule has 38 heavy (non-hydrogen) atoms. The first-order valence-corrected chi connectivity index (χ1v) is 14.3. The maximum Gasteiger partial charge on any atom is 0.326 e. The highest BCUT2D eigenvalue weighted by atomic mass is 32.2. The van der Waals surface area contributed by atoms with E-state index in [4.69, 9.17) is 0 Å². The van der Waals surface area contributed by atoms with Crippen molar-refractivity contribution in [2.24, 2.45) is 0 Å². The molecule has 0 aliphatic rings. The van der Waals surface area contributed by atoms with Crippen molar-refractivity contribution < 1.29 is 9.90 Å². The molecular formula is C32H28N2O2S2. The van der Waals surface area contributed by atoms with Crippen LogP contribution in [0.1, 0.15) is 23.1 Å². The minimum atomic E-state index is -0.883. The lowest BCUT2D eigenvalue weighted by Crippen LogP contribution is -2.31. The van der Waals surface area contributed by atoms with E-state index in [0.717, 1.165) is 27.9 Å². The number of rotatable bonds is 11. The number of thiazole rings is 1. The Morgan fingerprint density at radius 3 is 1.74 bits per heavy atom. The molecule has 4 aromatic carbocycles. The molecule has 6 heteroatoms. The normalized spacial score (nSPS) is 12.1. The molecule has 0 bridgehead atoms. The third-order valence-corrected chi connectivity index (χ3v) is 8.79. The maximum atomic E-state index is 12.3. The number of aromatic nitrogens is 1. The maximum absolute atomic E-state index is 12.3. The zero-order valence-electron chi connectivity index (χ0n) is 20.7. The lowest BCUT2D eigenvalue weighted by atomic mass is 9.84. The topological polar surface area (TPSA) is 62.2 Å². The van der Waals surface area contributed by atoms with E-state index >= 15 is 0 Å². The highest BCUT2D eigenvalue weighted by molar-refractivity contribution is 8.00. The summed E-state index contributed by atoms with van der Waals surface area (Å²) in [5, 5.41) is 15.8. The molecule has 1 atom stereocenters. The van der Waals surface area contributed by atoms with Crippen LogP contribution in [-0.2, 0) is 9.54 Å². The van der Waals surface area contributed by atoms with Gasteiger partial charge in [0, 0.05) is 10.9 Å². The Bertz CT molecular complexity index is 1350. The van der Waals surface area contributed by atoms with Crippen LogP contribution in [0, 0.1) is 0 Å². The standard InChI is InChI=1S/C32H28N2O2S2/c35-30(36)28(33-31-34-29(23-37-31)24-13-5-1-6-14-24)21-22-38-32(25-15-7-2-8-16-25,26-17-9-3-10-18-26)27-19-11-4-12-20-27/h1-20,23,28H,21-22H2,(H,33,34)(H,35,36). The third-order valence-electron chi connectivity index (χ3n) is 6.44. The molecule has 0 spiro atoms. The Kier molecular flexibility index (Phi) is 8.22. The molecule has 0 saturated heterocycles. The lowest BCUT2D eigenvalue weighted by Gasteiger charge is -2.35. The first-order valence-electron chi connectivity index (χ1n) is 12.5. The molecule has 1 heterocycles. The highest BCUT2D eigenvalue weighted by Crippen LogP contribution is 2.48. The van der Waals surface area contributed by atoms with Crippen molar-refractivity contribution in [2.45, 2.75) is 17.2 Å². The number of carbonyl (C=O) groups is 1. The Balaban J connectivity index is 1.40. The van der Waals surface area contributed by atoms with Gasteiger partial charge in [-0.15, -0.1) is 23.1 Å². The van der Waals surface area contributed by atoms with Crippen LogP contribution in [0.5, 0.6) is 0 Å². The second kappa shape index (κ2) is 12.1. The first-order chi connectivity index (χ1) is 18.7. The fourth-order valence-corrected chi connectivity index (χ4v) is 6.93. The second-order valence-corrected chi connectivity index (χ2v) is 11.0. The molecule has 2 N–H and O–H groups in total. The SMILES string of the molecule is O=C(O)C(CCSC(c1ccccc1)(c1ccccc1)c1ccccc1)Nc1nc(-c2ccccc2)cs1. The molecular weight excluding hydrogens is 508 g/mol. The van der Waals surface area contributed by atoms with E-state index in [2.05, 4.69) is 83.1 Å². The Labute approximate surface area is 231 Å². The van der Waals surface area contributed by atoms with Gasteiger partial charge in [-0.2, -0.15) is 0 Å². The molecule has 4 nitrogen and oxygen atoms in total.